The van der Waals surface area contributed by atoms with Crippen LogP contribution in [0.3, 0.4) is 0 Å². The van der Waals surface area contributed by atoms with Crippen molar-refractivity contribution in [3.63, 3.8) is 0 Å². The van der Waals surface area contributed by atoms with E-state index >= 15 is 0 Å². The lowest BCUT2D eigenvalue weighted by Crippen LogP contribution is -2.24. The van der Waals surface area contributed by atoms with Gasteiger partial charge in [-0.2, -0.15) is 10.3 Å². The smallest absolute Gasteiger partial charge is 0.281 e. The lowest BCUT2D eigenvalue weighted by Gasteiger charge is -2.12. The molecule has 4 N–H and O–H groups in total. The number of rotatable bonds is 3. The number of nitrogens with two attached hydrogens (primary N) is 2. The van der Waals surface area contributed by atoms with Crippen LogP contribution >= 0.6 is 0 Å². The predicted molar refractivity (Wildman–Crippen MR) is 94.6 cm³/mol. The molecule has 0 aliphatic carbocycles. The Balaban J connectivity index is 2.82. The fraction of sp³-hybridized carbons (Fsp3) is 0.118. The van der Waals surface area contributed by atoms with Crippen LogP contribution in [0.2, 0.25) is 0 Å². The molecule has 128 valence electrons. The number of aryl methyl sites for hydroxylation is 1. The fourth-order valence-corrected chi connectivity index (χ4v) is 3.20. The third-order valence-electron chi connectivity index (χ3n) is 3.46. The van der Waals surface area contributed by atoms with Gasteiger partial charge in [0.15, 0.2) is 15.8 Å². The molecule has 0 unspecified atom stereocenters. The van der Waals surface area contributed by atoms with E-state index < -0.39 is 21.7 Å². The van der Waals surface area contributed by atoms with Gasteiger partial charge in [0.25, 0.3) is 5.91 Å². The predicted octanol–water partition coefficient (Wildman–Crippen LogP) is 1.35. The van der Waals surface area contributed by atoms with Crippen molar-refractivity contribution >= 4 is 21.7 Å². The second kappa shape index (κ2) is 6.75. The number of carbonyl (C=O) groups excluding carboxylic acids is 1. The zero-order valence-corrected chi connectivity index (χ0v) is 14.5. The average Bonchev–Trinajstić information content (AvgIpc) is 2.52. The van der Waals surface area contributed by atoms with E-state index in [9.17, 15) is 18.5 Å². The highest BCUT2D eigenvalue weighted by Crippen LogP contribution is 2.31. The molecule has 0 saturated heterocycles. The first kappa shape index (κ1) is 18.2. The summed E-state index contributed by atoms with van der Waals surface area (Å²) in [5.74, 6) is -1.35. The van der Waals surface area contributed by atoms with Crippen LogP contribution in [-0.2, 0) is 9.84 Å². The Bertz CT molecular complexity index is 1010. The maximum atomic E-state index is 12.2. The molecule has 0 aliphatic heterocycles. The van der Waals surface area contributed by atoms with E-state index in [1.807, 2.05) is 25.1 Å². The van der Waals surface area contributed by atoms with Crippen LogP contribution in [0, 0.1) is 18.3 Å². The van der Waals surface area contributed by atoms with Crippen LogP contribution < -0.4 is 11.5 Å². The number of aliphatic imine (C=N–C) groups is 1. The van der Waals surface area contributed by atoms with Crippen molar-refractivity contribution in [3.05, 3.63) is 53.1 Å². The van der Waals surface area contributed by atoms with Gasteiger partial charge in [0, 0.05) is 11.8 Å². The van der Waals surface area contributed by atoms with E-state index in [-0.39, 0.29) is 16.0 Å². The second-order valence-electron chi connectivity index (χ2n) is 5.49. The van der Waals surface area contributed by atoms with Crippen molar-refractivity contribution in [3.8, 4) is 17.2 Å². The van der Waals surface area contributed by atoms with Gasteiger partial charge >= 0.3 is 0 Å². The topological polar surface area (TPSA) is 139 Å². The third-order valence-corrected chi connectivity index (χ3v) is 4.60. The summed E-state index contributed by atoms with van der Waals surface area (Å²) >= 11 is 0. The first-order chi connectivity index (χ1) is 11.6. The Morgan fingerprint density at radius 3 is 2.24 bits per heavy atom. The van der Waals surface area contributed by atoms with Crippen molar-refractivity contribution in [2.24, 2.45) is 16.5 Å². The summed E-state index contributed by atoms with van der Waals surface area (Å²) in [4.78, 5) is 15.4. The fourth-order valence-electron chi connectivity index (χ4n) is 2.29. The number of hydrogen-bond acceptors (Lipinski definition) is 4. The Hall–Kier alpha value is -3.18. The van der Waals surface area contributed by atoms with Gasteiger partial charge in [-0.25, -0.2) is 8.42 Å². The minimum Gasteiger partial charge on any atom is -0.370 e. The molecule has 0 radical (unpaired) electrons. The van der Waals surface area contributed by atoms with Gasteiger partial charge in [-0.3, -0.25) is 4.79 Å². The Morgan fingerprint density at radius 1 is 1.16 bits per heavy atom. The zero-order valence-electron chi connectivity index (χ0n) is 13.6. The molecule has 0 bridgehead atoms. The molecule has 7 nitrogen and oxygen atoms in total. The molecule has 0 fully saturated rings. The number of hydrogen-bond donors (Lipinski definition) is 2. The molecule has 0 aromatic heterocycles. The first-order valence-electron chi connectivity index (χ1n) is 7.12. The highest BCUT2D eigenvalue weighted by molar-refractivity contribution is 7.90. The molecule has 1 amide bonds. The largest absolute Gasteiger partial charge is 0.370 e. The molecule has 2 aromatic rings. The van der Waals surface area contributed by atoms with E-state index in [0.717, 1.165) is 17.9 Å². The van der Waals surface area contributed by atoms with E-state index in [1.54, 1.807) is 12.1 Å². The summed E-state index contributed by atoms with van der Waals surface area (Å²) in [6.07, 6.45) is 1.03. The van der Waals surface area contributed by atoms with Gasteiger partial charge in [0.2, 0.25) is 0 Å². The molecule has 0 atom stereocenters. The zero-order chi connectivity index (χ0) is 18.8. The van der Waals surface area contributed by atoms with Gasteiger partial charge in [-0.15, -0.1) is 0 Å². The molecule has 25 heavy (non-hydrogen) atoms. The second-order valence-corrected chi connectivity index (χ2v) is 7.47. The molecular weight excluding hydrogens is 340 g/mol. The summed E-state index contributed by atoms with van der Waals surface area (Å²) in [5, 5.41) is 9.35. The highest BCUT2D eigenvalue weighted by Gasteiger charge is 2.21. The summed E-state index contributed by atoms with van der Waals surface area (Å²) in [6.45, 7) is 1.90. The number of amides is 1. The molecule has 0 aliphatic rings. The van der Waals surface area contributed by atoms with Crippen molar-refractivity contribution in [2.45, 2.75) is 11.8 Å². The van der Waals surface area contributed by atoms with E-state index in [0.29, 0.717) is 11.1 Å². The Kier molecular flexibility index (Phi) is 4.90. The third kappa shape index (κ3) is 4.02. The van der Waals surface area contributed by atoms with Crippen LogP contribution in [0.15, 0.2) is 46.3 Å². The number of nitrogens with zero attached hydrogens (tertiary/aromatic N) is 2. The van der Waals surface area contributed by atoms with Gasteiger partial charge < -0.3 is 11.5 Å². The quantitative estimate of drug-likeness (QED) is 0.628. The number of sulfone groups is 1. The normalized spacial score (nSPS) is 10.8. The molecule has 8 heteroatoms. The number of nitriles is 1. The van der Waals surface area contributed by atoms with Crippen LogP contribution in [0.25, 0.3) is 11.1 Å². The molecule has 0 saturated carbocycles. The van der Waals surface area contributed by atoms with Crippen molar-refractivity contribution in [1.82, 2.24) is 0 Å². The van der Waals surface area contributed by atoms with Crippen molar-refractivity contribution in [1.29, 1.82) is 5.26 Å². The number of carbonyl (C=O) groups is 1. The molecule has 2 aromatic carbocycles. The Morgan fingerprint density at radius 2 is 1.76 bits per heavy atom. The van der Waals surface area contributed by atoms with Crippen molar-refractivity contribution in [2.75, 3.05) is 6.26 Å². The summed E-state index contributed by atoms with van der Waals surface area (Å²) in [7, 11) is -3.67. The molecule has 0 heterocycles. The minimum atomic E-state index is -3.67. The lowest BCUT2D eigenvalue weighted by atomic mass is 9.98. The maximum Gasteiger partial charge on any atom is 0.281 e. The van der Waals surface area contributed by atoms with Gasteiger partial charge in [-0.1, -0.05) is 29.8 Å². The van der Waals surface area contributed by atoms with Crippen molar-refractivity contribution < 1.29 is 13.2 Å². The summed E-state index contributed by atoms with van der Waals surface area (Å²) in [6, 6.07) is 11.5. The monoisotopic (exact) mass is 356 g/mol. The molecular formula is C17H16N4O3S. The summed E-state index contributed by atoms with van der Waals surface area (Å²) in [5.41, 5.74) is 12.1. The average molecular weight is 356 g/mol. The minimum absolute atomic E-state index is 0.0158. The van der Waals surface area contributed by atoms with Gasteiger partial charge in [0.05, 0.1) is 22.1 Å². The SMILES string of the molecule is Cc1ccc(-c2cc(C#N)c(C(=O)N=C(N)N)cc2S(C)(=O)=O)cc1. The van der Waals surface area contributed by atoms with Crippen LogP contribution in [0.5, 0.6) is 0 Å². The van der Waals surface area contributed by atoms with Crippen LogP contribution in [-0.4, -0.2) is 26.5 Å². The number of benzene rings is 2. The first-order valence-corrected chi connectivity index (χ1v) is 9.02. The van der Waals surface area contributed by atoms with Crippen LogP contribution in [0.4, 0.5) is 0 Å². The Labute approximate surface area is 145 Å². The van der Waals surface area contributed by atoms with Crippen LogP contribution in [0.1, 0.15) is 21.5 Å². The molecule has 0 spiro atoms. The highest BCUT2D eigenvalue weighted by atomic mass is 32.2. The van der Waals surface area contributed by atoms with E-state index in [4.69, 9.17) is 11.5 Å². The molecule has 2 rings (SSSR count). The van der Waals surface area contributed by atoms with Gasteiger partial charge in [0.1, 0.15) is 0 Å². The standard InChI is InChI=1S/C17H16N4O3S/c1-10-3-5-11(6-4-10)13-7-12(9-18)14(16(22)21-17(19)20)8-15(13)25(2,23)24/h3-8H,1-2H3,(H4,19,20,21,22). The van der Waals surface area contributed by atoms with E-state index in [2.05, 4.69) is 4.99 Å². The maximum absolute atomic E-state index is 12.2. The van der Waals surface area contributed by atoms with Gasteiger partial charge in [-0.05, 0) is 24.6 Å². The number of guanidine groups is 1. The lowest BCUT2D eigenvalue weighted by molar-refractivity contribution is 0.100. The van der Waals surface area contributed by atoms with E-state index in [1.165, 1.54) is 6.07 Å². The summed E-state index contributed by atoms with van der Waals surface area (Å²) < 4.78 is 24.4.